The maximum Gasteiger partial charge on any atom is 0.401 e. The van der Waals surface area contributed by atoms with E-state index >= 15 is 0 Å². The molecule has 0 spiro atoms. The molecule has 8 nitrogen and oxygen atoms in total. The van der Waals surface area contributed by atoms with Gasteiger partial charge < -0.3 is 15.1 Å². The number of carbonyl (C=O) groups is 2. The number of likely N-dealkylation sites (tertiary alicyclic amines) is 1. The number of nitrogens with one attached hydrogen (secondary N) is 2. The van der Waals surface area contributed by atoms with Gasteiger partial charge in [0.15, 0.2) is 0 Å². The summed E-state index contributed by atoms with van der Waals surface area (Å²) in [6.45, 7) is 11.8. The molecular weight excluding hydrogens is 581 g/mol. The average Bonchev–Trinajstić information content (AvgIpc) is 2.97. The van der Waals surface area contributed by atoms with Crippen molar-refractivity contribution in [1.29, 1.82) is 0 Å². The van der Waals surface area contributed by atoms with E-state index in [0.29, 0.717) is 28.6 Å². The topological polar surface area (TPSA) is 80.8 Å². The normalized spacial score (nSPS) is 31.9. The smallest absolute Gasteiger partial charge is 0.372 e. The van der Waals surface area contributed by atoms with Crippen LogP contribution in [0.5, 0.6) is 0 Å². The van der Waals surface area contributed by atoms with Crippen LogP contribution in [0.4, 0.5) is 24.7 Å². The third-order valence-electron chi connectivity index (χ3n) is 10.3. The monoisotopic (exact) mass is 626 g/mol. The second kappa shape index (κ2) is 13.2. The van der Waals surface area contributed by atoms with Crippen molar-refractivity contribution in [1.82, 2.24) is 20.1 Å². The molecule has 0 radical (unpaired) electrons. The molecule has 5 rings (SSSR count). The fourth-order valence-electron chi connectivity index (χ4n) is 7.67. The Morgan fingerprint density at radius 3 is 2.21 bits per heavy atom. The Balaban J connectivity index is 1.14. The van der Waals surface area contributed by atoms with Gasteiger partial charge in [-0.1, -0.05) is 25.4 Å². The summed E-state index contributed by atoms with van der Waals surface area (Å²) in [5, 5.41) is 5.35. The van der Waals surface area contributed by atoms with Crippen molar-refractivity contribution in [3.8, 4) is 0 Å². The van der Waals surface area contributed by atoms with Crippen molar-refractivity contribution in [2.75, 3.05) is 42.9 Å². The van der Waals surface area contributed by atoms with Gasteiger partial charge in [0.25, 0.3) is 0 Å². The summed E-state index contributed by atoms with van der Waals surface area (Å²) in [5.74, 6) is 0.700. The third kappa shape index (κ3) is 7.31. The van der Waals surface area contributed by atoms with Gasteiger partial charge in [0, 0.05) is 37.3 Å². The first-order chi connectivity index (χ1) is 20.3. The molecule has 12 heteroatoms. The van der Waals surface area contributed by atoms with Crippen LogP contribution in [0, 0.1) is 11.8 Å². The van der Waals surface area contributed by atoms with Crippen molar-refractivity contribution in [3.63, 3.8) is 0 Å². The number of piperazine rings is 1. The molecule has 0 aromatic carbocycles. The Morgan fingerprint density at radius 2 is 1.60 bits per heavy atom. The van der Waals surface area contributed by atoms with E-state index in [2.05, 4.69) is 58.0 Å². The molecule has 240 valence electrons. The van der Waals surface area contributed by atoms with Gasteiger partial charge in [0.1, 0.15) is 17.9 Å². The van der Waals surface area contributed by atoms with E-state index in [1.165, 1.54) is 57.8 Å². The Hall–Kier alpha value is -1.95. The summed E-state index contributed by atoms with van der Waals surface area (Å²) in [6, 6.07) is 1.11. The quantitative estimate of drug-likeness (QED) is 0.400. The van der Waals surface area contributed by atoms with Gasteiger partial charge in [-0.3, -0.25) is 19.8 Å². The largest absolute Gasteiger partial charge is 0.401 e. The fraction of sp³-hybridized carbons (Fsp3) is 0.774. The minimum Gasteiger partial charge on any atom is -0.372 e. The lowest BCUT2D eigenvalue weighted by molar-refractivity contribution is -0.149. The highest BCUT2D eigenvalue weighted by molar-refractivity contribution is 6.49. The molecule has 2 aliphatic carbocycles. The van der Waals surface area contributed by atoms with Crippen molar-refractivity contribution in [3.05, 3.63) is 17.3 Å². The maximum atomic E-state index is 12.6. The van der Waals surface area contributed by atoms with Crippen LogP contribution in [0.15, 0.2) is 12.3 Å². The molecule has 4 aliphatic rings. The Bertz CT molecular complexity index is 1150. The standard InChI is InChI=1S/C31H46ClF3N6O2/c1-18(2)21-5-7-23(8-6-21)39-11-9-24(10-12-39)40-15-20(4)41(16-19(40)3)30-25(32)13-22(14-36-30)38-27-26(28(42)29(27)43)37-17-31(33,34)35/h13-14,18-21,23-24,26-27,37-38H,5-12,15-17H2,1-4H3/t19-,20+,21?,23?,26?,27?/m1/s1. The second-order valence-electron chi connectivity index (χ2n) is 13.5. The van der Waals surface area contributed by atoms with Gasteiger partial charge in [0.2, 0.25) is 11.6 Å². The summed E-state index contributed by atoms with van der Waals surface area (Å²) in [6.07, 6.45) is 4.83. The minimum absolute atomic E-state index is 0.186. The molecular formula is C31H46ClF3N6O2. The van der Waals surface area contributed by atoms with E-state index in [9.17, 15) is 22.8 Å². The maximum absolute atomic E-state index is 12.6. The first-order valence-electron chi connectivity index (χ1n) is 15.9. The molecule has 2 saturated heterocycles. The van der Waals surface area contributed by atoms with E-state index < -0.39 is 36.4 Å². The van der Waals surface area contributed by atoms with E-state index in [1.54, 1.807) is 6.07 Å². The lowest BCUT2D eigenvalue weighted by atomic mass is 9.79. The summed E-state index contributed by atoms with van der Waals surface area (Å²) < 4.78 is 37.9. The summed E-state index contributed by atoms with van der Waals surface area (Å²) in [5.41, 5.74) is 0.377. The van der Waals surface area contributed by atoms with Crippen LogP contribution in [0.1, 0.15) is 66.2 Å². The highest BCUT2D eigenvalue weighted by Gasteiger charge is 2.50. The zero-order valence-electron chi connectivity index (χ0n) is 25.7. The van der Waals surface area contributed by atoms with Crippen molar-refractivity contribution in [2.45, 2.75) is 109 Å². The SMILES string of the molecule is CC(C)C1CCC(N2CCC(N3C[C@H](C)N(c4ncc(NC5C(=O)C(=O)C5NCC(F)(F)F)cc4Cl)C[C@H]3C)CC2)CC1. The van der Waals surface area contributed by atoms with Crippen molar-refractivity contribution < 1.29 is 22.8 Å². The summed E-state index contributed by atoms with van der Waals surface area (Å²) in [4.78, 5) is 36.1. The van der Waals surface area contributed by atoms with Gasteiger partial charge >= 0.3 is 6.18 Å². The fourth-order valence-corrected chi connectivity index (χ4v) is 7.95. The van der Waals surface area contributed by atoms with Gasteiger partial charge in [-0.05, 0) is 83.4 Å². The highest BCUT2D eigenvalue weighted by Crippen LogP contribution is 2.36. The lowest BCUT2D eigenvalue weighted by Gasteiger charge is -2.50. The highest BCUT2D eigenvalue weighted by atomic mass is 35.5. The summed E-state index contributed by atoms with van der Waals surface area (Å²) in [7, 11) is 0. The van der Waals surface area contributed by atoms with Crippen LogP contribution in [-0.4, -0.2) is 102 Å². The summed E-state index contributed by atoms with van der Waals surface area (Å²) >= 11 is 6.66. The number of rotatable bonds is 8. The zero-order valence-corrected chi connectivity index (χ0v) is 26.4. The van der Waals surface area contributed by atoms with Crippen molar-refractivity contribution in [2.24, 2.45) is 11.8 Å². The van der Waals surface area contributed by atoms with Crippen LogP contribution in [0.2, 0.25) is 5.02 Å². The molecule has 2 N–H and O–H groups in total. The molecule has 0 amide bonds. The third-order valence-corrected chi connectivity index (χ3v) is 10.6. The Morgan fingerprint density at radius 1 is 0.953 bits per heavy atom. The number of carbonyl (C=O) groups excluding carboxylic acids is 2. The van der Waals surface area contributed by atoms with E-state index in [-0.39, 0.29) is 6.04 Å². The van der Waals surface area contributed by atoms with Gasteiger partial charge in [-0.2, -0.15) is 13.2 Å². The van der Waals surface area contributed by atoms with E-state index in [1.807, 2.05) is 0 Å². The molecule has 4 fully saturated rings. The number of alkyl halides is 3. The average molecular weight is 627 g/mol. The molecule has 43 heavy (non-hydrogen) atoms. The molecule has 1 aromatic rings. The van der Waals surface area contributed by atoms with Gasteiger partial charge in [-0.25, -0.2) is 4.98 Å². The van der Waals surface area contributed by atoms with Gasteiger partial charge in [-0.15, -0.1) is 0 Å². The minimum atomic E-state index is -4.49. The predicted octanol–water partition coefficient (Wildman–Crippen LogP) is 4.77. The second-order valence-corrected chi connectivity index (χ2v) is 13.9. The number of nitrogens with zero attached hydrogens (tertiary/aromatic N) is 4. The molecule has 4 atom stereocenters. The molecule has 2 unspecified atom stereocenters. The van der Waals surface area contributed by atoms with Crippen LogP contribution in [-0.2, 0) is 9.59 Å². The van der Waals surface area contributed by atoms with Gasteiger partial charge in [0.05, 0.1) is 23.5 Å². The number of hydrogen-bond acceptors (Lipinski definition) is 8. The van der Waals surface area contributed by atoms with Crippen LogP contribution in [0.3, 0.4) is 0 Å². The number of ketones is 2. The van der Waals surface area contributed by atoms with E-state index in [4.69, 9.17) is 11.6 Å². The first-order valence-corrected chi connectivity index (χ1v) is 16.3. The number of pyridine rings is 1. The van der Waals surface area contributed by atoms with E-state index in [0.717, 1.165) is 31.0 Å². The van der Waals surface area contributed by atoms with Crippen LogP contribution in [0.25, 0.3) is 0 Å². The predicted molar refractivity (Wildman–Crippen MR) is 163 cm³/mol. The number of Topliss-reactive ketones (excluding diaryl/α,β-unsaturated/α-hetero) is 2. The van der Waals surface area contributed by atoms with Crippen LogP contribution < -0.4 is 15.5 Å². The molecule has 3 heterocycles. The number of halogens is 4. The molecule has 2 saturated carbocycles. The lowest BCUT2D eigenvalue weighted by Crippen LogP contribution is -2.67. The molecule has 0 bridgehead atoms. The Labute approximate surface area is 258 Å². The zero-order chi connectivity index (χ0) is 31.1. The van der Waals surface area contributed by atoms with Crippen LogP contribution >= 0.6 is 11.6 Å². The Kier molecular flexibility index (Phi) is 9.95. The first kappa shape index (κ1) is 32.4. The van der Waals surface area contributed by atoms with Crippen molar-refractivity contribution >= 4 is 34.7 Å². The molecule has 2 aliphatic heterocycles. The number of hydrogen-bond donors (Lipinski definition) is 2. The number of anilines is 2. The molecule has 1 aromatic heterocycles. The number of aromatic nitrogens is 1. The number of piperidine rings is 1.